The van der Waals surface area contributed by atoms with Crippen molar-refractivity contribution in [2.75, 3.05) is 24.7 Å². The highest BCUT2D eigenvalue weighted by Crippen LogP contribution is 2.29. The quantitative estimate of drug-likeness (QED) is 0.657. The zero-order valence-electron chi connectivity index (χ0n) is 15.0. The Balaban J connectivity index is 2.05. The highest BCUT2D eigenvalue weighted by atomic mass is 32.2. The van der Waals surface area contributed by atoms with E-state index in [9.17, 15) is 13.2 Å². The van der Waals surface area contributed by atoms with Gasteiger partial charge in [-0.2, -0.15) is 0 Å². The highest BCUT2D eigenvalue weighted by molar-refractivity contribution is 7.91. The van der Waals surface area contributed by atoms with Crippen LogP contribution in [-0.2, 0) is 14.6 Å². The van der Waals surface area contributed by atoms with Gasteiger partial charge in [-0.05, 0) is 56.4 Å². The van der Waals surface area contributed by atoms with E-state index in [0.717, 1.165) is 13.0 Å². The lowest BCUT2D eigenvalue weighted by molar-refractivity contribution is -0.116. The van der Waals surface area contributed by atoms with Gasteiger partial charge in [0.15, 0.2) is 9.84 Å². The third-order valence-electron chi connectivity index (χ3n) is 3.76. The summed E-state index contributed by atoms with van der Waals surface area (Å²) < 4.78 is 30.1. The Morgan fingerprint density at radius 2 is 1.77 bits per heavy atom. The number of para-hydroxylation sites is 1. The van der Waals surface area contributed by atoms with Crippen LogP contribution in [0.1, 0.15) is 19.8 Å². The first-order valence-electron chi connectivity index (χ1n) is 8.50. The van der Waals surface area contributed by atoms with Gasteiger partial charge in [-0.1, -0.05) is 19.1 Å². The van der Waals surface area contributed by atoms with Crippen molar-refractivity contribution in [2.45, 2.75) is 24.7 Å². The monoisotopic (exact) mass is 376 g/mol. The van der Waals surface area contributed by atoms with Gasteiger partial charge in [-0.15, -0.1) is 0 Å². The summed E-state index contributed by atoms with van der Waals surface area (Å²) in [5.74, 6) is 0.745. The van der Waals surface area contributed by atoms with Crippen molar-refractivity contribution >= 4 is 21.4 Å². The van der Waals surface area contributed by atoms with Crippen LogP contribution >= 0.6 is 0 Å². The van der Waals surface area contributed by atoms with Crippen molar-refractivity contribution in [2.24, 2.45) is 0 Å². The van der Waals surface area contributed by atoms with Crippen molar-refractivity contribution in [1.29, 1.82) is 0 Å². The van der Waals surface area contributed by atoms with E-state index in [-0.39, 0.29) is 16.6 Å². The van der Waals surface area contributed by atoms with Crippen LogP contribution in [0.25, 0.3) is 0 Å². The Morgan fingerprint density at radius 1 is 1.08 bits per heavy atom. The van der Waals surface area contributed by atoms with Crippen molar-refractivity contribution < 1.29 is 17.9 Å². The molecule has 0 fully saturated rings. The number of nitrogens with one attached hydrogen (secondary N) is 2. The Kier molecular flexibility index (Phi) is 7.17. The van der Waals surface area contributed by atoms with E-state index in [1.54, 1.807) is 49.4 Å². The maximum atomic E-state index is 12.2. The van der Waals surface area contributed by atoms with Crippen LogP contribution in [0.4, 0.5) is 5.69 Å². The highest BCUT2D eigenvalue weighted by Gasteiger charge is 2.17. The van der Waals surface area contributed by atoms with Crippen molar-refractivity contribution in [1.82, 2.24) is 5.32 Å². The number of amides is 1. The molecule has 2 aromatic carbocycles. The van der Waals surface area contributed by atoms with Gasteiger partial charge in [0, 0.05) is 12.1 Å². The summed E-state index contributed by atoms with van der Waals surface area (Å²) in [6.45, 7) is 2.39. The number of sulfone groups is 1. The summed E-state index contributed by atoms with van der Waals surface area (Å²) in [5.41, 5.74) is 0.668. The SMILES string of the molecule is CCS(=O)(=O)c1ccccc1Oc1ccc(NC(=O)CCCNC)cc1. The maximum absolute atomic E-state index is 12.2. The second-order valence-electron chi connectivity index (χ2n) is 5.73. The molecule has 0 spiro atoms. The summed E-state index contributed by atoms with van der Waals surface area (Å²) in [6, 6.07) is 13.4. The smallest absolute Gasteiger partial charge is 0.224 e. The number of benzene rings is 2. The molecule has 0 aliphatic heterocycles. The second kappa shape index (κ2) is 9.35. The number of carbonyl (C=O) groups excluding carboxylic acids is 1. The molecule has 0 radical (unpaired) electrons. The third-order valence-corrected chi connectivity index (χ3v) is 5.53. The minimum absolute atomic E-state index is 0.00585. The summed E-state index contributed by atoms with van der Waals surface area (Å²) in [6.07, 6.45) is 1.22. The second-order valence-corrected chi connectivity index (χ2v) is 7.98. The van der Waals surface area contributed by atoms with Crippen LogP contribution in [0.5, 0.6) is 11.5 Å². The van der Waals surface area contributed by atoms with Crippen LogP contribution in [0.15, 0.2) is 53.4 Å². The molecule has 0 aromatic heterocycles. The van der Waals surface area contributed by atoms with E-state index in [4.69, 9.17) is 4.74 Å². The van der Waals surface area contributed by atoms with E-state index >= 15 is 0 Å². The molecule has 2 aromatic rings. The lowest BCUT2D eigenvalue weighted by Crippen LogP contribution is -2.15. The summed E-state index contributed by atoms with van der Waals surface area (Å²) in [4.78, 5) is 12.0. The average Bonchev–Trinajstić information content (AvgIpc) is 2.64. The van der Waals surface area contributed by atoms with E-state index in [1.807, 2.05) is 7.05 Å². The molecule has 2 N–H and O–H groups in total. The third kappa shape index (κ3) is 5.57. The fourth-order valence-corrected chi connectivity index (χ4v) is 3.34. The molecule has 140 valence electrons. The van der Waals surface area contributed by atoms with Crippen molar-refractivity contribution in [3.8, 4) is 11.5 Å². The molecule has 0 saturated heterocycles. The predicted molar refractivity (Wildman–Crippen MR) is 102 cm³/mol. The Hall–Kier alpha value is -2.38. The van der Waals surface area contributed by atoms with Crippen LogP contribution in [0.2, 0.25) is 0 Å². The van der Waals surface area contributed by atoms with Crippen molar-refractivity contribution in [3.05, 3.63) is 48.5 Å². The van der Waals surface area contributed by atoms with Gasteiger partial charge in [0.1, 0.15) is 16.4 Å². The minimum Gasteiger partial charge on any atom is -0.456 e. The molecule has 0 atom stereocenters. The lowest BCUT2D eigenvalue weighted by atomic mass is 10.2. The number of hydrogen-bond donors (Lipinski definition) is 2. The first kappa shape index (κ1) is 19.9. The molecule has 0 aliphatic carbocycles. The van der Waals surface area contributed by atoms with Crippen LogP contribution in [-0.4, -0.2) is 33.7 Å². The van der Waals surface area contributed by atoms with Gasteiger partial charge in [0.2, 0.25) is 5.91 Å². The van der Waals surface area contributed by atoms with Crippen LogP contribution < -0.4 is 15.4 Å². The maximum Gasteiger partial charge on any atom is 0.224 e. The molecular formula is C19H24N2O4S. The van der Waals surface area contributed by atoms with E-state index in [1.165, 1.54) is 6.07 Å². The van der Waals surface area contributed by atoms with Gasteiger partial charge in [-0.25, -0.2) is 8.42 Å². The molecule has 6 nitrogen and oxygen atoms in total. The minimum atomic E-state index is -3.37. The predicted octanol–water partition coefficient (Wildman–Crippen LogP) is 3.21. The molecule has 26 heavy (non-hydrogen) atoms. The fourth-order valence-electron chi connectivity index (χ4n) is 2.33. The van der Waals surface area contributed by atoms with E-state index in [0.29, 0.717) is 23.6 Å². The molecule has 0 saturated carbocycles. The first-order chi connectivity index (χ1) is 12.5. The normalized spacial score (nSPS) is 11.2. The van der Waals surface area contributed by atoms with Crippen molar-refractivity contribution in [3.63, 3.8) is 0 Å². The van der Waals surface area contributed by atoms with E-state index < -0.39 is 9.84 Å². The molecular weight excluding hydrogens is 352 g/mol. The van der Waals surface area contributed by atoms with Gasteiger partial charge < -0.3 is 15.4 Å². The van der Waals surface area contributed by atoms with Gasteiger partial charge >= 0.3 is 0 Å². The Morgan fingerprint density at radius 3 is 2.42 bits per heavy atom. The van der Waals surface area contributed by atoms with Gasteiger partial charge in [-0.3, -0.25) is 4.79 Å². The number of rotatable bonds is 9. The molecule has 0 heterocycles. The number of anilines is 1. The molecule has 0 bridgehead atoms. The molecule has 2 rings (SSSR count). The largest absolute Gasteiger partial charge is 0.456 e. The van der Waals surface area contributed by atoms with Gasteiger partial charge in [0.05, 0.1) is 5.75 Å². The topological polar surface area (TPSA) is 84.5 Å². The Bertz CT molecular complexity index is 833. The number of carbonyl (C=O) groups is 1. The molecule has 7 heteroatoms. The van der Waals surface area contributed by atoms with Crippen LogP contribution in [0, 0.1) is 0 Å². The fraction of sp³-hybridized carbons (Fsp3) is 0.316. The molecule has 1 amide bonds. The molecule has 0 aliphatic rings. The zero-order valence-corrected chi connectivity index (χ0v) is 15.8. The lowest BCUT2D eigenvalue weighted by Gasteiger charge is -2.11. The standard InChI is InChI=1S/C19H24N2O4S/c1-3-26(23,24)18-8-5-4-7-17(18)25-16-12-10-15(11-13-16)21-19(22)9-6-14-20-2/h4-5,7-8,10-13,20H,3,6,9,14H2,1-2H3,(H,21,22). The van der Waals surface area contributed by atoms with Gasteiger partial charge in [0.25, 0.3) is 0 Å². The molecule has 0 unspecified atom stereocenters. The van der Waals surface area contributed by atoms with E-state index in [2.05, 4.69) is 10.6 Å². The zero-order chi connectivity index (χ0) is 19.0. The first-order valence-corrected chi connectivity index (χ1v) is 10.2. The number of ether oxygens (including phenoxy) is 1. The van der Waals surface area contributed by atoms with Crippen LogP contribution in [0.3, 0.4) is 0 Å². The number of hydrogen-bond acceptors (Lipinski definition) is 5. The Labute approximate surface area is 154 Å². The summed E-state index contributed by atoms with van der Waals surface area (Å²) in [5, 5.41) is 5.82. The summed E-state index contributed by atoms with van der Waals surface area (Å²) in [7, 11) is -1.52. The average molecular weight is 376 g/mol. The summed E-state index contributed by atoms with van der Waals surface area (Å²) >= 11 is 0.